The third kappa shape index (κ3) is 7.85. The summed E-state index contributed by atoms with van der Waals surface area (Å²) < 4.78 is 5.01. The van der Waals surface area contributed by atoms with Crippen molar-refractivity contribution in [1.82, 2.24) is 31.5 Å². The van der Waals surface area contributed by atoms with Gasteiger partial charge in [-0.1, -0.05) is 30.3 Å². The fraction of sp³-hybridized carbons (Fsp3) is 0.455. The molecule has 1 aromatic carbocycles. The minimum Gasteiger partial charge on any atom is -0.563 e. The van der Waals surface area contributed by atoms with Crippen LogP contribution in [0.4, 0.5) is 9.59 Å². The predicted octanol–water partition coefficient (Wildman–Crippen LogP) is -2.10. The first kappa shape index (κ1) is 26.2. The van der Waals surface area contributed by atoms with Crippen LogP contribution in [-0.4, -0.2) is 90.7 Å². The summed E-state index contributed by atoms with van der Waals surface area (Å²) in [5.41, 5.74) is 0.734. The summed E-state index contributed by atoms with van der Waals surface area (Å²) >= 11 is 0. The van der Waals surface area contributed by atoms with Crippen LogP contribution < -0.4 is 26.6 Å². The first-order valence-corrected chi connectivity index (χ1v) is 11.5. The van der Waals surface area contributed by atoms with Crippen LogP contribution in [0.3, 0.4) is 0 Å². The standard InChI is InChI=1S/C22H29N7O7/c30-17(26-11-16(19(32)33)28-22(35)36-13-14-5-2-1-3-6-14)12-29-18(31)15(27-21(29)34)7-4-8-23-20-24-9-10-25-20/h1-3,5-6,15-16H,4,7-13H2,(H,26,30)(H,27,34)(H,28,35)(H,32,33)(H2,23,24,25)/p+1. The maximum absolute atomic E-state index is 12.5. The van der Waals surface area contributed by atoms with Crippen LogP contribution in [0.15, 0.2) is 35.3 Å². The number of guanidine groups is 1. The molecule has 3 rings (SSSR count). The van der Waals surface area contributed by atoms with Crippen LogP contribution in [0.5, 0.6) is 0 Å². The largest absolute Gasteiger partial charge is 0.563 e. The van der Waals surface area contributed by atoms with Crippen LogP contribution in [0.1, 0.15) is 18.4 Å². The summed E-state index contributed by atoms with van der Waals surface area (Å²) in [5, 5.41) is 20.6. The van der Waals surface area contributed by atoms with E-state index in [4.69, 9.17) is 9.84 Å². The molecule has 0 spiro atoms. The Morgan fingerprint density at radius 3 is 2.69 bits per heavy atom. The van der Waals surface area contributed by atoms with Gasteiger partial charge in [-0.25, -0.2) is 9.59 Å². The van der Waals surface area contributed by atoms with Crippen LogP contribution in [-0.2, 0) is 25.7 Å². The molecule has 0 aromatic heterocycles. The monoisotopic (exact) mass is 504 g/mol. The van der Waals surface area contributed by atoms with Crippen LogP contribution in [0.2, 0.25) is 0 Å². The molecule has 0 radical (unpaired) electrons. The Labute approximate surface area is 206 Å². The molecule has 194 valence electrons. The Bertz CT molecular complexity index is 1000. The molecule has 36 heavy (non-hydrogen) atoms. The minimum absolute atomic E-state index is 0.0347. The van der Waals surface area contributed by atoms with Gasteiger partial charge in [0.2, 0.25) is 11.9 Å². The fourth-order valence-corrected chi connectivity index (χ4v) is 3.48. The maximum Gasteiger partial charge on any atom is 0.540 e. The Morgan fingerprint density at radius 1 is 1.22 bits per heavy atom. The van der Waals surface area contributed by atoms with E-state index in [0.29, 0.717) is 31.9 Å². The van der Waals surface area contributed by atoms with Gasteiger partial charge in [0, 0.05) is 17.9 Å². The highest BCUT2D eigenvalue weighted by Crippen LogP contribution is 2.10. The predicted molar refractivity (Wildman–Crippen MR) is 127 cm³/mol. The average molecular weight is 505 g/mol. The Hall–Kier alpha value is -4.36. The van der Waals surface area contributed by atoms with Crippen molar-refractivity contribution in [3.63, 3.8) is 0 Å². The first-order chi connectivity index (χ1) is 17.3. The molecule has 5 amide bonds. The maximum atomic E-state index is 12.5. The smallest absolute Gasteiger partial charge is 0.540 e. The molecule has 14 heteroatoms. The van der Waals surface area contributed by atoms with Gasteiger partial charge in [-0.05, 0) is 18.4 Å². The summed E-state index contributed by atoms with van der Waals surface area (Å²) in [6, 6.07) is 6.07. The first-order valence-electron chi connectivity index (χ1n) is 11.5. The topological polar surface area (TPSA) is 193 Å². The van der Waals surface area contributed by atoms with Crippen molar-refractivity contribution in [3.8, 4) is 0 Å². The third-order valence-corrected chi connectivity index (χ3v) is 5.37. The van der Waals surface area contributed by atoms with Crippen molar-refractivity contribution in [2.45, 2.75) is 31.5 Å². The van der Waals surface area contributed by atoms with Crippen molar-refractivity contribution in [2.24, 2.45) is 4.99 Å². The second kappa shape index (κ2) is 12.9. The molecule has 2 heterocycles. The summed E-state index contributed by atoms with van der Waals surface area (Å²) in [5.74, 6) is -1.69. The number of hydrogen-bond acceptors (Lipinski definition) is 9. The van der Waals surface area contributed by atoms with E-state index in [2.05, 4.69) is 31.6 Å². The summed E-state index contributed by atoms with van der Waals surface area (Å²) in [6.45, 7) is 1.06. The third-order valence-electron chi connectivity index (χ3n) is 5.37. The van der Waals surface area contributed by atoms with E-state index in [0.717, 1.165) is 17.0 Å². The lowest BCUT2D eigenvalue weighted by atomic mass is 10.1. The average Bonchev–Trinajstić information content (AvgIpc) is 3.47. The van der Waals surface area contributed by atoms with Gasteiger partial charge in [-0.2, -0.15) is 0 Å². The van der Waals surface area contributed by atoms with Gasteiger partial charge < -0.3 is 36.4 Å². The van der Waals surface area contributed by atoms with E-state index in [-0.39, 0.29) is 6.61 Å². The molecule has 2 atom stereocenters. The van der Waals surface area contributed by atoms with Gasteiger partial charge in [0.15, 0.2) is 5.96 Å². The number of aliphatic imine (C=N–C) groups is 1. The number of ether oxygens (including phenoxy) is 1. The SMILES string of the molecule is O=C(CN1C(=O)NC(CCCNC2=NCCN2)C1=O)NCC(NC(=O)OCc1ccccc1)C(=O)[OH2+]. The van der Waals surface area contributed by atoms with E-state index < -0.39 is 55.1 Å². The number of carbonyl (C=O) groups is 5. The van der Waals surface area contributed by atoms with Crippen molar-refractivity contribution >= 4 is 35.9 Å². The number of nitrogens with one attached hydrogen (secondary N) is 5. The summed E-state index contributed by atoms with van der Waals surface area (Å²) in [6.07, 6.45) is 0.0466. The molecule has 1 fully saturated rings. The lowest BCUT2D eigenvalue weighted by Gasteiger charge is -2.15. The number of hydrogen-bond donors (Lipinski definition) is 5. The molecular weight excluding hydrogens is 474 g/mol. The number of amides is 5. The highest BCUT2D eigenvalue weighted by molar-refractivity contribution is 6.06. The lowest BCUT2D eigenvalue weighted by molar-refractivity contribution is -0.139. The lowest BCUT2D eigenvalue weighted by Crippen LogP contribution is -2.50. The number of alkyl carbamates (subject to hydrolysis) is 1. The molecule has 1 saturated heterocycles. The molecule has 2 aliphatic heterocycles. The van der Waals surface area contributed by atoms with Crippen LogP contribution in [0.25, 0.3) is 0 Å². The van der Waals surface area contributed by atoms with Crippen molar-refractivity contribution in [1.29, 1.82) is 0 Å². The van der Waals surface area contributed by atoms with Gasteiger partial charge >= 0.3 is 18.1 Å². The van der Waals surface area contributed by atoms with Gasteiger partial charge in [0.1, 0.15) is 19.2 Å². The van der Waals surface area contributed by atoms with Crippen molar-refractivity contribution < 1.29 is 33.8 Å². The number of urea groups is 1. The fourth-order valence-electron chi connectivity index (χ4n) is 3.48. The zero-order valence-corrected chi connectivity index (χ0v) is 19.5. The van der Waals surface area contributed by atoms with Gasteiger partial charge in [-0.3, -0.25) is 19.5 Å². The summed E-state index contributed by atoms with van der Waals surface area (Å²) in [4.78, 5) is 65.5. The Morgan fingerprint density at radius 2 is 2.00 bits per heavy atom. The summed E-state index contributed by atoms with van der Waals surface area (Å²) in [7, 11) is 0. The van der Waals surface area contributed by atoms with Gasteiger partial charge in [0.25, 0.3) is 5.91 Å². The molecule has 2 unspecified atom stereocenters. The zero-order valence-electron chi connectivity index (χ0n) is 19.5. The highest BCUT2D eigenvalue weighted by Gasteiger charge is 2.38. The van der Waals surface area contributed by atoms with Gasteiger partial charge in [-0.15, -0.1) is 0 Å². The number of rotatable bonds is 12. The number of carbonyl (C=O) groups excluding carboxylic acids is 5. The number of imide groups is 1. The number of benzene rings is 1. The van der Waals surface area contributed by atoms with Gasteiger partial charge in [0.05, 0.1) is 13.1 Å². The second-order valence-corrected chi connectivity index (χ2v) is 8.08. The molecule has 1 aromatic rings. The van der Waals surface area contributed by atoms with Crippen molar-refractivity contribution in [2.75, 3.05) is 32.7 Å². The van der Waals surface area contributed by atoms with E-state index in [1.165, 1.54) is 0 Å². The van der Waals surface area contributed by atoms with E-state index in [1.807, 2.05) is 6.07 Å². The molecule has 7 N–H and O–H groups in total. The van der Waals surface area contributed by atoms with Crippen LogP contribution in [0, 0.1) is 0 Å². The minimum atomic E-state index is -1.36. The molecule has 2 aliphatic rings. The number of nitrogens with zero attached hydrogens (tertiary/aromatic N) is 2. The zero-order chi connectivity index (χ0) is 25.9. The molecule has 0 saturated carbocycles. The van der Waals surface area contributed by atoms with E-state index >= 15 is 0 Å². The van der Waals surface area contributed by atoms with E-state index in [1.54, 1.807) is 24.3 Å². The van der Waals surface area contributed by atoms with Crippen molar-refractivity contribution in [3.05, 3.63) is 35.9 Å². The quantitative estimate of drug-likeness (QED) is 0.121. The Balaban J connectivity index is 1.38. The molecular formula is C22H30N7O7+. The van der Waals surface area contributed by atoms with Crippen LogP contribution >= 0.6 is 0 Å². The Kier molecular flexibility index (Phi) is 9.42. The van der Waals surface area contributed by atoms with E-state index in [9.17, 15) is 24.0 Å². The highest BCUT2D eigenvalue weighted by atomic mass is 16.5. The second-order valence-electron chi connectivity index (χ2n) is 8.08. The molecule has 0 aliphatic carbocycles. The normalized spacial score (nSPS) is 17.5. The molecule has 14 nitrogen and oxygen atoms in total. The molecule has 0 bridgehead atoms.